The highest BCUT2D eigenvalue weighted by Gasteiger charge is 2.38. The van der Waals surface area contributed by atoms with Gasteiger partial charge in [0.1, 0.15) is 6.04 Å². The van der Waals surface area contributed by atoms with Crippen molar-refractivity contribution >= 4 is 23.3 Å². The Balaban J connectivity index is 1.89. The third-order valence-electron chi connectivity index (χ3n) is 4.12. The van der Waals surface area contributed by atoms with Gasteiger partial charge < -0.3 is 10.6 Å². The van der Waals surface area contributed by atoms with E-state index in [1.54, 1.807) is 4.90 Å². The van der Waals surface area contributed by atoms with Gasteiger partial charge in [0.05, 0.1) is 0 Å². The van der Waals surface area contributed by atoms with Crippen LogP contribution in [0.3, 0.4) is 0 Å². The molecule has 0 aromatic heterocycles. The molecule has 3 amide bonds. The van der Waals surface area contributed by atoms with Gasteiger partial charge in [-0.1, -0.05) is 30.3 Å². The van der Waals surface area contributed by atoms with Crippen LogP contribution in [-0.4, -0.2) is 24.5 Å². The van der Waals surface area contributed by atoms with Crippen molar-refractivity contribution in [1.82, 2.24) is 5.32 Å². The number of amides is 3. The molecule has 2 N–H and O–H groups in total. The fraction of sp³-hybridized carbons (Fsp3) is 0.263. The molecule has 124 valence electrons. The Labute approximate surface area is 141 Å². The van der Waals surface area contributed by atoms with Gasteiger partial charge >= 0.3 is 6.03 Å². The van der Waals surface area contributed by atoms with Crippen LogP contribution in [-0.2, 0) is 11.2 Å². The van der Waals surface area contributed by atoms with Crippen molar-refractivity contribution in [3.63, 3.8) is 0 Å². The predicted molar refractivity (Wildman–Crippen MR) is 95.3 cm³/mol. The average Bonchev–Trinajstić information content (AvgIpc) is 2.94. The molecule has 5 nitrogen and oxygen atoms in total. The molecule has 5 heteroatoms. The molecule has 0 fully saturated rings. The van der Waals surface area contributed by atoms with Gasteiger partial charge in [-0.2, -0.15) is 0 Å². The second-order valence-corrected chi connectivity index (χ2v) is 5.91. The average molecular weight is 323 g/mol. The van der Waals surface area contributed by atoms with Crippen LogP contribution in [0.25, 0.3) is 0 Å². The number of fused-ring (bicyclic) bond motifs is 1. The van der Waals surface area contributed by atoms with Crippen molar-refractivity contribution in [3.05, 3.63) is 59.7 Å². The third kappa shape index (κ3) is 3.11. The summed E-state index contributed by atoms with van der Waals surface area (Å²) >= 11 is 0. The second-order valence-electron chi connectivity index (χ2n) is 5.91. The smallest absolute Gasteiger partial charge is 0.327 e. The summed E-state index contributed by atoms with van der Waals surface area (Å²) in [5.74, 6) is -0.131. The summed E-state index contributed by atoms with van der Waals surface area (Å²) in [5.41, 5.74) is 3.58. The summed E-state index contributed by atoms with van der Waals surface area (Å²) in [4.78, 5) is 26.8. The van der Waals surface area contributed by atoms with Crippen LogP contribution < -0.4 is 15.5 Å². The monoisotopic (exact) mass is 323 g/mol. The molecule has 1 atom stereocenters. The number of carbonyl (C=O) groups is 2. The Bertz CT molecular complexity index is 773. The number of likely N-dealkylation sites (N-methyl/N-ethyl adjacent to an activating group) is 1. The van der Waals surface area contributed by atoms with Crippen LogP contribution in [0.4, 0.5) is 16.2 Å². The van der Waals surface area contributed by atoms with E-state index in [9.17, 15) is 9.59 Å². The van der Waals surface area contributed by atoms with E-state index in [2.05, 4.69) is 10.6 Å². The standard InChI is InChI=1S/C19H21N3O2/c1-3-20-18(23)17-12-14-8-4-5-10-16(14)22(17)19(24)21-15-9-6-7-13(2)11-15/h4-11,17H,3,12H2,1-2H3,(H,20,23)(H,21,24). The predicted octanol–water partition coefficient (Wildman–Crippen LogP) is 3.09. The number of aryl methyl sites for hydroxylation is 1. The zero-order valence-electron chi connectivity index (χ0n) is 13.9. The lowest BCUT2D eigenvalue weighted by molar-refractivity contribution is -0.122. The topological polar surface area (TPSA) is 61.4 Å². The van der Waals surface area contributed by atoms with Crippen LogP contribution in [0, 0.1) is 6.92 Å². The van der Waals surface area contributed by atoms with E-state index in [4.69, 9.17) is 0 Å². The van der Waals surface area contributed by atoms with Crippen molar-refractivity contribution in [1.29, 1.82) is 0 Å². The van der Waals surface area contributed by atoms with E-state index in [1.807, 2.05) is 62.4 Å². The Hall–Kier alpha value is -2.82. The van der Waals surface area contributed by atoms with E-state index in [1.165, 1.54) is 0 Å². The zero-order chi connectivity index (χ0) is 17.1. The maximum atomic E-state index is 12.8. The minimum atomic E-state index is -0.521. The first-order valence-corrected chi connectivity index (χ1v) is 8.12. The van der Waals surface area contributed by atoms with Crippen molar-refractivity contribution in [2.45, 2.75) is 26.3 Å². The third-order valence-corrected chi connectivity index (χ3v) is 4.12. The number of carbonyl (C=O) groups excluding carboxylic acids is 2. The van der Waals surface area contributed by atoms with Gasteiger partial charge in [0.25, 0.3) is 0 Å². The van der Waals surface area contributed by atoms with Crippen molar-refractivity contribution in [2.75, 3.05) is 16.8 Å². The number of para-hydroxylation sites is 1. The minimum absolute atomic E-state index is 0.131. The van der Waals surface area contributed by atoms with Crippen LogP contribution in [0.15, 0.2) is 48.5 Å². The molecule has 0 bridgehead atoms. The lowest BCUT2D eigenvalue weighted by Gasteiger charge is -2.25. The minimum Gasteiger partial charge on any atom is -0.355 e. The Morgan fingerprint density at radius 1 is 1.17 bits per heavy atom. The number of nitrogens with one attached hydrogen (secondary N) is 2. The van der Waals surface area contributed by atoms with Crippen molar-refractivity contribution in [3.8, 4) is 0 Å². The highest BCUT2D eigenvalue weighted by atomic mass is 16.2. The highest BCUT2D eigenvalue weighted by Crippen LogP contribution is 2.32. The Morgan fingerprint density at radius 2 is 1.96 bits per heavy atom. The van der Waals surface area contributed by atoms with Crippen LogP contribution in [0.1, 0.15) is 18.1 Å². The lowest BCUT2D eigenvalue weighted by atomic mass is 10.1. The molecule has 2 aromatic rings. The fourth-order valence-corrected chi connectivity index (χ4v) is 3.05. The summed E-state index contributed by atoms with van der Waals surface area (Å²) in [6.07, 6.45) is 0.531. The molecule has 3 rings (SSSR count). The summed E-state index contributed by atoms with van der Waals surface area (Å²) in [6, 6.07) is 14.4. The van der Waals surface area contributed by atoms with Gasteiger partial charge in [-0.3, -0.25) is 9.69 Å². The van der Waals surface area contributed by atoms with Gasteiger partial charge in [0.15, 0.2) is 0 Å². The van der Waals surface area contributed by atoms with E-state index < -0.39 is 6.04 Å². The summed E-state index contributed by atoms with van der Waals surface area (Å²) in [7, 11) is 0. The normalized spacial score (nSPS) is 15.8. The number of benzene rings is 2. The summed E-state index contributed by atoms with van der Waals surface area (Å²) in [6.45, 7) is 4.38. The molecular formula is C19H21N3O2. The summed E-state index contributed by atoms with van der Waals surface area (Å²) in [5, 5.41) is 5.72. The van der Waals surface area contributed by atoms with Crippen LogP contribution in [0.2, 0.25) is 0 Å². The maximum absolute atomic E-state index is 12.8. The molecule has 0 radical (unpaired) electrons. The molecule has 0 saturated carbocycles. The Kier molecular flexibility index (Phi) is 4.51. The van der Waals surface area contributed by atoms with Crippen molar-refractivity contribution < 1.29 is 9.59 Å². The first-order chi connectivity index (χ1) is 11.6. The molecule has 1 aliphatic rings. The highest BCUT2D eigenvalue weighted by molar-refractivity contribution is 6.08. The van der Waals surface area contributed by atoms with Gasteiger partial charge in [0, 0.05) is 24.3 Å². The summed E-state index contributed by atoms with van der Waals surface area (Å²) < 4.78 is 0. The van der Waals surface area contributed by atoms with E-state index in [-0.39, 0.29) is 11.9 Å². The van der Waals surface area contributed by atoms with Gasteiger partial charge in [0.2, 0.25) is 5.91 Å². The largest absolute Gasteiger partial charge is 0.355 e. The lowest BCUT2D eigenvalue weighted by Crippen LogP contribution is -2.49. The fourth-order valence-electron chi connectivity index (χ4n) is 3.05. The van der Waals surface area contributed by atoms with E-state index in [0.29, 0.717) is 13.0 Å². The molecule has 1 unspecified atom stereocenters. The first kappa shape index (κ1) is 16.1. The molecule has 0 spiro atoms. The molecule has 2 aromatic carbocycles. The van der Waals surface area contributed by atoms with Crippen molar-refractivity contribution in [2.24, 2.45) is 0 Å². The molecule has 1 heterocycles. The first-order valence-electron chi connectivity index (χ1n) is 8.12. The maximum Gasteiger partial charge on any atom is 0.327 e. The quantitative estimate of drug-likeness (QED) is 0.912. The van der Waals surface area contributed by atoms with E-state index in [0.717, 1.165) is 22.5 Å². The molecule has 0 aliphatic carbocycles. The molecule has 1 aliphatic heterocycles. The van der Waals surface area contributed by atoms with Crippen LogP contribution in [0.5, 0.6) is 0 Å². The van der Waals surface area contributed by atoms with E-state index >= 15 is 0 Å². The Morgan fingerprint density at radius 3 is 2.71 bits per heavy atom. The second kappa shape index (κ2) is 6.74. The number of hydrogen-bond acceptors (Lipinski definition) is 2. The number of anilines is 2. The van der Waals surface area contributed by atoms with Gasteiger partial charge in [-0.05, 0) is 43.2 Å². The number of nitrogens with zero attached hydrogens (tertiary/aromatic N) is 1. The SMILES string of the molecule is CCNC(=O)C1Cc2ccccc2N1C(=O)Nc1cccc(C)c1. The number of urea groups is 1. The molecule has 0 saturated heterocycles. The van der Waals surface area contributed by atoms with Crippen LogP contribution >= 0.6 is 0 Å². The number of rotatable bonds is 3. The molecular weight excluding hydrogens is 302 g/mol. The van der Waals surface area contributed by atoms with Gasteiger partial charge in [-0.25, -0.2) is 4.79 Å². The van der Waals surface area contributed by atoms with Gasteiger partial charge in [-0.15, -0.1) is 0 Å². The number of hydrogen-bond donors (Lipinski definition) is 2. The zero-order valence-corrected chi connectivity index (χ0v) is 13.9. The molecule has 24 heavy (non-hydrogen) atoms.